The van der Waals surface area contributed by atoms with E-state index in [2.05, 4.69) is 25.6 Å². The first kappa shape index (κ1) is 11.1. The van der Waals surface area contributed by atoms with Crippen LogP contribution in [0.5, 0.6) is 0 Å². The van der Waals surface area contributed by atoms with Crippen LogP contribution in [0.4, 0.5) is 5.95 Å². The monoisotopic (exact) mass is 233 g/mol. The molecule has 0 saturated heterocycles. The summed E-state index contributed by atoms with van der Waals surface area (Å²) >= 11 is 0. The number of carboxylic acid groups (broad SMARTS) is 1. The SMILES string of the molecule is O=C(O)c1cnc(NCC2C=NC=CN2)nc1. The van der Waals surface area contributed by atoms with Crippen LogP contribution in [0, 0.1) is 0 Å². The number of aliphatic imine (C=N–C) groups is 1. The summed E-state index contributed by atoms with van der Waals surface area (Å²) < 4.78 is 0. The third kappa shape index (κ3) is 3.00. The molecule has 0 radical (unpaired) electrons. The van der Waals surface area contributed by atoms with Gasteiger partial charge in [-0.25, -0.2) is 14.8 Å². The molecule has 7 nitrogen and oxygen atoms in total. The molecule has 1 aliphatic heterocycles. The number of aromatic carboxylic acids is 1. The van der Waals surface area contributed by atoms with Crippen molar-refractivity contribution >= 4 is 18.1 Å². The lowest BCUT2D eigenvalue weighted by Crippen LogP contribution is -2.35. The van der Waals surface area contributed by atoms with Gasteiger partial charge in [0.25, 0.3) is 0 Å². The summed E-state index contributed by atoms with van der Waals surface area (Å²) in [7, 11) is 0. The Morgan fingerprint density at radius 3 is 2.82 bits per heavy atom. The summed E-state index contributed by atoms with van der Waals surface area (Å²) in [6, 6.07) is 0.0720. The molecule has 3 N–H and O–H groups in total. The Hall–Kier alpha value is -2.44. The summed E-state index contributed by atoms with van der Waals surface area (Å²) in [5.41, 5.74) is 0.0656. The average molecular weight is 233 g/mol. The number of hydrogen-bond donors (Lipinski definition) is 3. The van der Waals surface area contributed by atoms with Gasteiger partial charge < -0.3 is 15.7 Å². The number of carboxylic acids is 1. The minimum absolute atomic E-state index is 0.0656. The summed E-state index contributed by atoms with van der Waals surface area (Å²) in [5.74, 6) is -0.650. The highest BCUT2D eigenvalue weighted by Crippen LogP contribution is 2.00. The highest BCUT2D eigenvalue weighted by atomic mass is 16.4. The molecule has 0 aromatic carbocycles. The number of rotatable bonds is 4. The third-order valence-electron chi connectivity index (χ3n) is 2.12. The fraction of sp³-hybridized carbons (Fsp3) is 0.200. The molecule has 7 heteroatoms. The molecule has 0 fully saturated rings. The van der Waals surface area contributed by atoms with Crippen LogP contribution < -0.4 is 10.6 Å². The van der Waals surface area contributed by atoms with Gasteiger partial charge in [-0.2, -0.15) is 0 Å². The normalized spacial score (nSPS) is 17.5. The summed E-state index contributed by atoms with van der Waals surface area (Å²) in [4.78, 5) is 22.3. The van der Waals surface area contributed by atoms with Crippen LogP contribution >= 0.6 is 0 Å². The second-order valence-corrected chi connectivity index (χ2v) is 3.37. The Labute approximate surface area is 97.3 Å². The van der Waals surface area contributed by atoms with E-state index in [9.17, 15) is 4.79 Å². The van der Waals surface area contributed by atoms with Crippen LogP contribution in [-0.2, 0) is 0 Å². The van der Waals surface area contributed by atoms with Gasteiger partial charge in [-0.3, -0.25) is 4.99 Å². The standard InChI is InChI=1S/C10H11N5O2/c16-9(17)7-3-13-10(14-4-7)15-6-8-5-11-1-2-12-8/h1-5,8,12H,6H2,(H,16,17)(H,13,14,15). The van der Waals surface area contributed by atoms with Crippen LogP contribution in [0.1, 0.15) is 10.4 Å². The minimum Gasteiger partial charge on any atom is -0.478 e. The summed E-state index contributed by atoms with van der Waals surface area (Å²) in [6.45, 7) is 0.570. The second-order valence-electron chi connectivity index (χ2n) is 3.37. The van der Waals surface area contributed by atoms with E-state index in [4.69, 9.17) is 5.11 Å². The lowest BCUT2D eigenvalue weighted by molar-refractivity contribution is 0.0696. The zero-order valence-electron chi connectivity index (χ0n) is 8.87. The maximum Gasteiger partial charge on any atom is 0.338 e. The molecule has 1 aliphatic rings. The van der Waals surface area contributed by atoms with E-state index in [1.54, 1.807) is 18.6 Å². The van der Waals surface area contributed by atoms with E-state index >= 15 is 0 Å². The predicted octanol–water partition coefficient (Wildman–Crippen LogP) is 0.100. The van der Waals surface area contributed by atoms with Crippen molar-refractivity contribution in [2.45, 2.75) is 6.04 Å². The maximum atomic E-state index is 10.6. The smallest absolute Gasteiger partial charge is 0.338 e. The van der Waals surface area contributed by atoms with Gasteiger partial charge in [-0.05, 0) is 0 Å². The molecular formula is C10H11N5O2. The molecule has 2 heterocycles. The van der Waals surface area contributed by atoms with E-state index in [0.717, 1.165) is 0 Å². The minimum atomic E-state index is -1.04. The largest absolute Gasteiger partial charge is 0.478 e. The third-order valence-corrected chi connectivity index (χ3v) is 2.12. The van der Waals surface area contributed by atoms with Crippen molar-refractivity contribution in [1.29, 1.82) is 0 Å². The molecule has 0 spiro atoms. The molecule has 1 atom stereocenters. The number of nitrogens with zero attached hydrogens (tertiary/aromatic N) is 3. The van der Waals surface area contributed by atoms with Crippen molar-refractivity contribution in [3.63, 3.8) is 0 Å². The van der Waals surface area contributed by atoms with E-state index in [1.165, 1.54) is 12.4 Å². The number of aromatic nitrogens is 2. The molecule has 0 amide bonds. The Morgan fingerprint density at radius 1 is 1.47 bits per heavy atom. The van der Waals surface area contributed by atoms with Gasteiger partial charge in [0.05, 0.1) is 11.6 Å². The van der Waals surface area contributed by atoms with Gasteiger partial charge in [0, 0.05) is 37.6 Å². The van der Waals surface area contributed by atoms with E-state index < -0.39 is 5.97 Å². The van der Waals surface area contributed by atoms with Crippen molar-refractivity contribution in [3.8, 4) is 0 Å². The molecule has 1 aromatic rings. The first-order valence-corrected chi connectivity index (χ1v) is 4.99. The quantitative estimate of drug-likeness (QED) is 0.682. The fourth-order valence-electron chi connectivity index (χ4n) is 1.25. The van der Waals surface area contributed by atoms with Crippen LogP contribution in [-0.4, -0.2) is 39.8 Å². The van der Waals surface area contributed by atoms with E-state index in [-0.39, 0.29) is 11.6 Å². The zero-order valence-corrected chi connectivity index (χ0v) is 8.87. The van der Waals surface area contributed by atoms with Crippen molar-refractivity contribution in [1.82, 2.24) is 15.3 Å². The molecule has 1 unspecified atom stereocenters. The molecule has 2 rings (SSSR count). The highest BCUT2D eigenvalue weighted by Gasteiger charge is 2.07. The van der Waals surface area contributed by atoms with Crippen LogP contribution in [0.2, 0.25) is 0 Å². The fourth-order valence-corrected chi connectivity index (χ4v) is 1.25. The van der Waals surface area contributed by atoms with Crippen molar-refractivity contribution < 1.29 is 9.90 Å². The molecular weight excluding hydrogens is 222 g/mol. The lowest BCUT2D eigenvalue weighted by Gasteiger charge is -2.15. The Bertz CT molecular complexity index is 454. The van der Waals surface area contributed by atoms with Gasteiger partial charge in [0.1, 0.15) is 0 Å². The van der Waals surface area contributed by atoms with Crippen molar-refractivity contribution in [2.75, 3.05) is 11.9 Å². The van der Waals surface area contributed by atoms with Gasteiger partial charge in [-0.1, -0.05) is 0 Å². The molecule has 1 aromatic heterocycles. The Balaban J connectivity index is 1.88. The second kappa shape index (κ2) is 5.06. The lowest BCUT2D eigenvalue weighted by atomic mass is 10.3. The number of nitrogens with one attached hydrogen (secondary N) is 2. The van der Waals surface area contributed by atoms with Crippen molar-refractivity contribution in [2.24, 2.45) is 4.99 Å². The molecule has 17 heavy (non-hydrogen) atoms. The molecule has 0 bridgehead atoms. The van der Waals surface area contributed by atoms with Crippen LogP contribution in [0.3, 0.4) is 0 Å². The maximum absolute atomic E-state index is 10.6. The van der Waals surface area contributed by atoms with Gasteiger partial charge >= 0.3 is 5.97 Å². The van der Waals surface area contributed by atoms with E-state index in [1.807, 2.05) is 0 Å². The molecule has 88 valence electrons. The predicted molar refractivity (Wildman–Crippen MR) is 62.0 cm³/mol. The zero-order chi connectivity index (χ0) is 12.1. The number of hydrogen-bond acceptors (Lipinski definition) is 6. The number of carbonyl (C=O) groups is 1. The Morgan fingerprint density at radius 2 is 2.24 bits per heavy atom. The molecule has 0 aliphatic carbocycles. The highest BCUT2D eigenvalue weighted by molar-refractivity contribution is 5.86. The first-order valence-electron chi connectivity index (χ1n) is 4.99. The van der Waals surface area contributed by atoms with Gasteiger partial charge in [0.2, 0.25) is 5.95 Å². The van der Waals surface area contributed by atoms with Crippen molar-refractivity contribution in [3.05, 3.63) is 30.4 Å². The molecule has 0 saturated carbocycles. The average Bonchev–Trinajstić information content (AvgIpc) is 2.38. The summed E-state index contributed by atoms with van der Waals surface area (Å²) in [5, 5.41) is 14.7. The van der Waals surface area contributed by atoms with Crippen LogP contribution in [0.15, 0.2) is 29.8 Å². The van der Waals surface area contributed by atoms with Crippen LogP contribution in [0.25, 0.3) is 0 Å². The first-order chi connectivity index (χ1) is 8.25. The summed E-state index contributed by atoms with van der Waals surface area (Å²) in [6.07, 6.45) is 7.70. The van der Waals surface area contributed by atoms with Gasteiger partial charge in [-0.15, -0.1) is 0 Å². The topological polar surface area (TPSA) is 99.5 Å². The number of anilines is 1. The Kier molecular flexibility index (Phi) is 3.29. The van der Waals surface area contributed by atoms with E-state index in [0.29, 0.717) is 12.5 Å². The van der Waals surface area contributed by atoms with Gasteiger partial charge in [0.15, 0.2) is 0 Å².